The molecule has 0 saturated heterocycles. The molecule has 1 saturated carbocycles. The Morgan fingerprint density at radius 2 is 1.86 bits per heavy atom. The number of anilines is 1. The highest BCUT2D eigenvalue weighted by Crippen LogP contribution is 2.68. The van der Waals surface area contributed by atoms with Gasteiger partial charge in [0.05, 0.1) is 0 Å². The Bertz CT molecular complexity index is 618. The first kappa shape index (κ1) is 15.6. The van der Waals surface area contributed by atoms with Crippen molar-refractivity contribution in [3.05, 3.63) is 29.3 Å². The van der Waals surface area contributed by atoms with Crippen LogP contribution in [0.1, 0.15) is 38.8 Å². The minimum atomic E-state index is -0.167. The summed E-state index contributed by atoms with van der Waals surface area (Å²) in [7, 11) is 0. The fraction of sp³-hybridized carbons (Fsp3) is 0.500. The van der Waals surface area contributed by atoms with Crippen LogP contribution in [-0.4, -0.2) is 17.6 Å². The number of aliphatic hydroxyl groups excluding tert-OH is 1. The summed E-state index contributed by atoms with van der Waals surface area (Å²) >= 11 is 0. The molecule has 112 valence electrons. The molecule has 1 aliphatic carbocycles. The zero-order valence-corrected chi connectivity index (χ0v) is 13.4. The predicted molar refractivity (Wildman–Crippen MR) is 84.8 cm³/mol. The molecule has 2 N–H and O–H groups in total. The number of nitrogens with one attached hydrogen (secondary N) is 1. The molecular weight excluding hydrogens is 262 g/mol. The van der Waals surface area contributed by atoms with Crippen LogP contribution in [0, 0.1) is 35.5 Å². The zero-order chi connectivity index (χ0) is 15.8. The number of rotatable bonds is 2. The lowest BCUT2D eigenvalue weighted by Gasteiger charge is -2.08. The van der Waals surface area contributed by atoms with Crippen LogP contribution < -0.4 is 5.32 Å². The quantitative estimate of drug-likeness (QED) is 0.821. The van der Waals surface area contributed by atoms with Gasteiger partial charge >= 0.3 is 0 Å². The fourth-order valence-electron chi connectivity index (χ4n) is 3.14. The molecule has 1 fully saturated rings. The summed E-state index contributed by atoms with van der Waals surface area (Å²) in [5.74, 6) is 5.59. The maximum atomic E-state index is 12.5. The molecule has 0 atom stereocenters. The summed E-state index contributed by atoms with van der Waals surface area (Å²) in [6.45, 7) is 10.3. The fourth-order valence-corrected chi connectivity index (χ4v) is 3.14. The van der Waals surface area contributed by atoms with E-state index < -0.39 is 0 Å². The molecule has 21 heavy (non-hydrogen) atoms. The molecular formula is C18H23NO2. The van der Waals surface area contributed by atoms with E-state index in [4.69, 9.17) is 5.11 Å². The van der Waals surface area contributed by atoms with Crippen LogP contribution in [0.4, 0.5) is 5.69 Å². The number of benzene rings is 1. The van der Waals surface area contributed by atoms with Gasteiger partial charge in [0.1, 0.15) is 6.61 Å². The van der Waals surface area contributed by atoms with E-state index in [0.29, 0.717) is 0 Å². The number of aliphatic hydroxyl groups is 1. The first-order valence-corrected chi connectivity index (χ1v) is 7.22. The van der Waals surface area contributed by atoms with E-state index in [-0.39, 0.29) is 29.3 Å². The van der Waals surface area contributed by atoms with E-state index in [1.807, 2.05) is 25.1 Å². The van der Waals surface area contributed by atoms with Crippen molar-refractivity contribution >= 4 is 11.6 Å². The molecule has 0 bridgehead atoms. The summed E-state index contributed by atoms with van der Waals surface area (Å²) in [4.78, 5) is 12.5. The summed E-state index contributed by atoms with van der Waals surface area (Å²) in [6, 6.07) is 5.71. The third-order valence-corrected chi connectivity index (χ3v) is 4.94. The number of amides is 1. The Balaban J connectivity index is 2.17. The Labute approximate surface area is 126 Å². The number of hydrogen-bond donors (Lipinski definition) is 2. The Hall–Kier alpha value is -1.79. The van der Waals surface area contributed by atoms with Gasteiger partial charge < -0.3 is 10.4 Å². The standard InChI is InChI=1S/C18H23NO2/c1-12-9-13(7-6-8-20)11-14(10-12)19-16(21)15-17(2,3)18(15,4)5/h9-11,15,20H,8H2,1-5H3,(H,19,21). The highest BCUT2D eigenvalue weighted by atomic mass is 16.2. The van der Waals surface area contributed by atoms with Crippen molar-refractivity contribution in [1.29, 1.82) is 0 Å². The number of carbonyl (C=O) groups is 1. The molecule has 0 aromatic heterocycles. The van der Waals surface area contributed by atoms with Gasteiger partial charge in [-0.2, -0.15) is 0 Å². The van der Waals surface area contributed by atoms with Crippen LogP contribution in [0.2, 0.25) is 0 Å². The van der Waals surface area contributed by atoms with Crippen molar-refractivity contribution in [2.24, 2.45) is 16.7 Å². The third kappa shape index (κ3) is 2.82. The van der Waals surface area contributed by atoms with Gasteiger partial charge in [0.2, 0.25) is 5.91 Å². The average molecular weight is 285 g/mol. The van der Waals surface area contributed by atoms with Crippen LogP contribution in [0.25, 0.3) is 0 Å². The van der Waals surface area contributed by atoms with E-state index in [2.05, 4.69) is 44.9 Å². The molecule has 3 nitrogen and oxygen atoms in total. The zero-order valence-electron chi connectivity index (χ0n) is 13.4. The van der Waals surface area contributed by atoms with Crippen molar-refractivity contribution in [2.45, 2.75) is 34.6 Å². The second-order valence-corrected chi connectivity index (χ2v) is 6.91. The molecule has 0 unspecified atom stereocenters. The highest BCUT2D eigenvalue weighted by Gasteiger charge is 2.68. The summed E-state index contributed by atoms with van der Waals surface area (Å²) in [5.41, 5.74) is 2.65. The average Bonchev–Trinajstić information content (AvgIpc) is 2.76. The monoisotopic (exact) mass is 285 g/mol. The number of hydrogen-bond acceptors (Lipinski definition) is 2. The van der Waals surface area contributed by atoms with Crippen molar-refractivity contribution in [2.75, 3.05) is 11.9 Å². The van der Waals surface area contributed by atoms with E-state index in [0.717, 1.165) is 16.8 Å². The molecule has 3 heteroatoms. The van der Waals surface area contributed by atoms with Crippen LogP contribution in [0.5, 0.6) is 0 Å². The Kier molecular flexibility index (Phi) is 3.86. The summed E-state index contributed by atoms with van der Waals surface area (Å²) in [5, 5.41) is 11.8. The van der Waals surface area contributed by atoms with Crippen LogP contribution >= 0.6 is 0 Å². The lowest BCUT2D eigenvalue weighted by atomic mass is 10.0. The first-order valence-electron chi connectivity index (χ1n) is 7.22. The van der Waals surface area contributed by atoms with Gasteiger partial charge in [-0.05, 0) is 41.5 Å². The van der Waals surface area contributed by atoms with Crippen LogP contribution in [0.3, 0.4) is 0 Å². The van der Waals surface area contributed by atoms with E-state index in [1.165, 1.54) is 0 Å². The molecule has 0 aliphatic heterocycles. The first-order chi connectivity index (χ1) is 9.70. The van der Waals surface area contributed by atoms with Crippen molar-refractivity contribution in [1.82, 2.24) is 0 Å². The van der Waals surface area contributed by atoms with Gasteiger partial charge in [0.25, 0.3) is 0 Å². The molecule has 0 radical (unpaired) electrons. The van der Waals surface area contributed by atoms with E-state index in [1.54, 1.807) is 0 Å². The van der Waals surface area contributed by atoms with Crippen LogP contribution in [0.15, 0.2) is 18.2 Å². The van der Waals surface area contributed by atoms with Gasteiger partial charge in [-0.3, -0.25) is 4.79 Å². The second kappa shape index (κ2) is 5.20. The van der Waals surface area contributed by atoms with Gasteiger partial charge in [-0.15, -0.1) is 0 Å². The molecule has 0 heterocycles. The molecule has 1 aliphatic rings. The lowest BCUT2D eigenvalue weighted by Crippen LogP contribution is -2.17. The second-order valence-electron chi connectivity index (χ2n) is 6.91. The maximum absolute atomic E-state index is 12.5. The minimum Gasteiger partial charge on any atom is -0.384 e. The van der Waals surface area contributed by atoms with Crippen molar-refractivity contribution < 1.29 is 9.90 Å². The van der Waals surface area contributed by atoms with Gasteiger partial charge in [0, 0.05) is 17.2 Å². The molecule has 1 aromatic rings. The molecule has 1 amide bonds. The molecule has 1 aromatic carbocycles. The maximum Gasteiger partial charge on any atom is 0.228 e. The smallest absolute Gasteiger partial charge is 0.228 e. The largest absolute Gasteiger partial charge is 0.384 e. The predicted octanol–water partition coefficient (Wildman–Crippen LogP) is 2.96. The Morgan fingerprint density at radius 3 is 2.38 bits per heavy atom. The highest BCUT2D eigenvalue weighted by molar-refractivity contribution is 5.96. The van der Waals surface area contributed by atoms with Gasteiger partial charge in [-0.1, -0.05) is 39.5 Å². The normalized spacial score (nSPS) is 18.6. The number of aryl methyl sites for hydroxylation is 1. The third-order valence-electron chi connectivity index (χ3n) is 4.94. The van der Waals surface area contributed by atoms with Crippen molar-refractivity contribution in [3.8, 4) is 11.8 Å². The van der Waals surface area contributed by atoms with Gasteiger partial charge in [0.15, 0.2) is 0 Å². The van der Waals surface area contributed by atoms with Gasteiger partial charge in [-0.25, -0.2) is 0 Å². The minimum absolute atomic E-state index is 0.0255. The molecule has 0 spiro atoms. The lowest BCUT2D eigenvalue weighted by molar-refractivity contribution is -0.118. The van der Waals surface area contributed by atoms with E-state index >= 15 is 0 Å². The number of carbonyl (C=O) groups excluding carboxylic acids is 1. The topological polar surface area (TPSA) is 49.3 Å². The summed E-state index contributed by atoms with van der Waals surface area (Å²) < 4.78 is 0. The molecule has 2 rings (SSSR count). The Morgan fingerprint density at radius 1 is 1.24 bits per heavy atom. The van der Waals surface area contributed by atoms with Crippen LogP contribution in [-0.2, 0) is 4.79 Å². The van der Waals surface area contributed by atoms with Crippen molar-refractivity contribution in [3.63, 3.8) is 0 Å². The summed E-state index contributed by atoms with van der Waals surface area (Å²) in [6.07, 6.45) is 0. The SMILES string of the molecule is Cc1cc(C#CCO)cc(NC(=O)C2C(C)(C)C2(C)C)c1. The van der Waals surface area contributed by atoms with E-state index in [9.17, 15) is 4.79 Å².